The fourth-order valence-electron chi connectivity index (χ4n) is 3.20. The van der Waals surface area contributed by atoms with Crippen LogP contribution in [0.1, 0.15) is 36.7 Å². The van der Waals surface area contributed by atoms with Gasteiger partial charge in [-0.2, -0.15) is 0 Å². The molecule has 1 fully saturated rings. The molecule has 0 bridgehead atoms. The Hall–Kier alpha value is -1.91. The van der Waals surface area contributed by atoms with Gasteiger partial charge < -0.3 is 15.5 Å². The van der Waals surface area contributed by atoms with Gasteiger partial charge in [0.1, 0.15) is 0 Å². The van der Waals surface area contributed by atoms with Crippen LogP contribution in [0.4, 0.5) is 0 Å². The minimum atomic E-state index is 0.147. The van der Waals surface area contributed by atoms with Gasteiger partial charge in [0.25, 0.3) is 5.91 Å². The number of hydrogen-bond acceptors (Lipinski definition) is 3. The van der Waals surface area contributed by atoms with Gasteiger partial charge in [-0.15, -0.1) is 0 Å². The number of hydrogen-bond donors (Lipinski definition) is 1. The number of carbonyl (C=O) groups is 1. The summed E-state index contributed by atoms with van der Waals surface area (Å²) in [6.45, 7) is 11.5. The van der Waals surface area contributed by atoms with Crippen LogP contribution in [0.2, 0.25) is 0 Å². The van der Waals surface area contributed by atoms with Crippen LogP contribution in [0, 0.1) is 0 Å². The molecule has 4 heteroatoms. The van der Waals surface area contributed by atoms with Gasteiger partial charge in [-0.25, -0.2) is 0 Å². The van der Waals surface area contributed by atoms with Gasteiger partial charge in [0.15, 0.2) is 0 Å². The number of nitrogens with two attached hydrogens (primary N) is 1. The minimum Gasteiger partial charge on any atom is -0.336 e. The molecule has 0 aliphatic carbocycles. The van der Waals surface area contributed by atoms with Crippen molar-refractivity contribution >= 4 is 16.7 Å². The van der Waals surface area contributed by atoms with E-state index in [0.29, 0.717) is 6.54 Å². The molecule has 1 aliphatic rings. The van der Waals surface area contributed by atoms with Crippen molar-refractivity contribution in [3.8, 4) is 0 Å². The SMILES string of the molecule is CC.CCN1CCN(C(=O)c2ccc3cc(CCN)ccc3c2)CC1. The number of amides is 1. The van der Waals surface area contributed by atoms with E-state index in [9.17, 15) is 4.79 Å². The maximum atomic E-state index is 12.7. The van der Waals surface area contributed by atoms with Gasteiger partial charge in [0, 0.05) is 31.7 Å². The van der Waals surface area contributed by atoms with Crippen LogP contribution in [0.5, 0.6) is 0 Å². The van der Waals surface area contributed by atoms with Crippen molar-refractivity contribution in [3.63, 3.8) is 0 Å². The molecule has 1 saturated heterocycles. The summed E-state index contributed by atoms with van der Waals surface area (Å²) in [5.41, 5.74) is 7.65. The summed E-state index contributed by atoms with van der Waals surface area (Å²) in [6.07, 6.45) is 0.887. The van der Waals surface area contributed by atoms with E-state index in [1.165, 1.54) is 10.9 Å². The fraction of sp³-hybridized carbons (Fsp3) is 0.476. The molecule has 1 aliphatic heterocycles. The Labute approximate surface area is 151 Å². The normalized spacial score (nSPS) is 15.0. The molecule has 0 spiro atoms. The number of likely N-dealkylation sites (N-methyl/N-ethyl adjacent to an activating group) is 1. The second-order valence-electron chi connectivity index (χ2n) is 6.16. The molecule has 2 aromatic carbocycles. The molecule has 2 aromatic rings. The lowest BCUT2D eigenvalue weighted by molar-refractivity contribution is 0.0643. The predicted octanol–water partition coefficient (Wildman–Crippen LogP) is 3.14. The third kappa shape index (κ3) is 4.80. The van der Waals surface area contributed by atoms with Gasteiger partial charge in [0.05, 0.1) is 0 Å². The zero-order valence-corrected chi connectivity index (χ0v) is 15.8. The smallest absolute Gasteiger partial charge is 0.253 e. The van der Waals surface area contributed by atoms with Gasteiger partial charge >= 0.3 is 0 Å². The lowest BCUT2D eigenvalue weighted by Gasteiger charge is -2.34. The molecule has 0 unspecified atom stereocenters. The Morgan fingerprint density at radius 3 is 2.28 bits per heavy atom. The summed E-state index contributed by atoms with van der Waals surface area (Å²) in [5.74, 6) is 0.147. The standard InChI is InChI=1S/C19H25N3O.C2H6/c1-2-21-9-11-22(12-10-21)19(23)18-6-5-16-13-15(7-8-20)3-4-17(16)14-18;1-2/h3-6,13-14H,2,7-12,20H2,1H3;1-2H3. The molecule has 0 aromatic heterocycles. The van der Waals surface area contributed by atoms with E-state index < -0.39 is 0 Å². The summed E-state index contributed by atoms with van der Waals surface area (Å²) in [5, 5.41) is 2.28. The van der Waals surface area contributed by atoms with E-state index in [1.54, 1.807) is 0 Å². The van der Waals surface area contributed by atoms with Crippen LogP contribution >= 0.6 is 0 Å². The van der Waals surface area contributed by atoms with Crippen LogP contribution in [-0.2, 0) is 6.42 Å². The van der Waals surface area contributed by atoms with Crippen molar-refractivity contribution < 1.29 is 4.79 Å². The first-order chi connectivity index (χ1) is 12.2. The van der Waals surface area contributed by atoms with Crippen molar-refractivity contribution in [1.29, 1.82) is 0 Å². The third-order valence-electron chi connectivity index (χ3n) is 4.69. The zero-order chi connectivity index (χ0) is 18.2. The van der Waals surface area contributed by atoms with Gasteiger partial charge in [-0.1, -0.05) is 45.0 Å². The van der Waals surface area contributed by atoms with Gasteiger partial charge in [0.2, 0.25) is 0 Å². The number of rotatable bonds is 4. The molecule has 0 saturated carbocycles. The molecule has 1 heterocycles. The minimum absolute atomic E-state index is 0.147. The third-order valence-corrected chi connectivity index (χ3v) is 4.69. The van der Waals surface area contributed by atoms with Crippen molar-refractivity contribution in [1.82, 2.24) is 9.80 Å². The van der Waals surface area contributed by atoms with E-state index in [2.05, 4.69) is 30.0 Å². The fourth-order valence-corrected chi connectivity index (χ4v) is 3.20. The first-order valence-electron chi connectivity index (χ1n) is 9.45. The lowest BCUT2D eigenvalue weighted by Crippen LogP contribution is -2.48. The predicted molar refractivity (Wildman–Crippen MR) is 106 cm³/mol. The van der Waals surface area contributed by atoms with Crippen LogP contribution in [-0.4, -0.2) is 55.0 Å². The maximum Gasteiger partial charge on any atom is 0.253 e. The summed E-state index contributed by atoms with van der Waals surface area (Å²) >= 11 is 0. The first kappa shape index (κ1) is 19.4. The monoisotopic (exact) mass is 341 g/mol. The van der Waals surface area contributed by atoms with Crippen LogP contribution < -0.4 is 5.73 Å². The molecule has 136 valence electrons. The Kier molecular flexibility index (Phi) is 7.41. The lowest BCUT2D eigenvalue weighted by atomic mass is 10.0. The average Bonchev–Trinajstić information content (AvgIpc) is 2.69. The number of fused-ring (bicyclic) bond motifs is 1. The first-order valence-corrected chi connectivity index (χ1v) is 9.45. The van der Waals surface area contributed by atoms with Crippen molar-refractivity contribution in [3.05, 3.63) is 47.5 Å². The number of benzene rings is 2. The molecule has 0 atom stereocenters. The van der Waals surface area contributed by atoms with E-state index in [1.807, 2.05) is 36.9 Å². The second kappa shape index (κ2) is 9.54. The summed E-state index contributed by atoms with van der Waals surface area (Å²) in [7, 11) is 0. The van der Waals surface area contributed by atoms with Crippen LogP contribution in [0.15, 0.2) is 36.4 Å². The Balaban J connectivity index is 0.00000109. The van der Waals surface area contributed by atoms with E-state index in [-0.39, 0.29) is 5.91 Å². The zero-order valence-electron chi connectivity index (χ0n) is 15.8. The highest BCUT2D eigenvalue weighted by Gasteiger charge is 2.21. The van der Waals surface area contributed by atoms with Crippen molar-refractivity contribution in [2.75, 3.05) is 39.3 Å². The Morgan fingerprint density at radius 1 is 1.00 bits per heavy atom. The Bertz CT molecular complexity index is 691. The highest BCUT2D eigenvalue weighted by Crippen LogP contribution is 2.20. The van der Waals surface area contributed by atoms with Crippen molar-refractivity contribution in [2.24, 2.45) is 5.73 Å². The topological polar surface area (TPSA) is 49.6 Å². The quantitative estimate of drug-likeness (QED) is 0.929. The molecule has 1 amide bonds. The Morgan fingerprint density at radius 2 is 1.64 bits per heavy atom. The molecular weight excluding hydrogens is 310 g/mol. The molecule has 2 N–H and O–H groups in total. The molecule has 0 radical (unpaired) electrons. The largest absolute Gasteiger partial charge is 0.336 e. The molecule has 4 nitrogen and oxygen atoms in total. The van der Waals surface area contributed by atoms with Crippen molar-refractivity contribution in [2.45, 2.75) is 27.2 Å². The number of piperazine rings is 1. The molecule has 25 heavy (non-hydrogen) atoms. The van der Waals surface area contributed by atoms with Crippen LogP contribution in [0.3, 0.4) is 0 Å². The second-order valence-corrected chi connectivity index (χ2v) is 6.16. The summed E-state index contributed by atoms with van der Waals surface area (Å²) < 4.78 is 0. The van der Waals surface area contributed by atoms with Gasteiger partial charge in [-0.3, -0.25) is 4.79 Å². The van der Waals surface area contributed by atoms with Gasteiger partial charge in [-0.05, 0) is 48.0 Å². The summed E-state index contributed by atoms with van der Waals surface area (Å²) in [6, 6.07) is 12.4. The number of carbonyl (C=O) groups excluding carboxylic acids is 1. The van der Waals surface area contributed by atoms with E-state index >= 15 is 0 Å². The van der Waals surface area contributed by atoms with E-state index in [0.717, 1.165) is 50.1 Å². The highest BCUT2D eigenvalue weighted by molar-refractivity contribution is 5.98. The molecular formula is C21H31N3O. The van der Waals surface area contributed by atoms with Crippen LogP contribution in [0.25, 0.3) is 10.8 Å². The number of nitrogens with zero attached hydrogens (tertiary/aromatic N) is 2. The average molecular weight is 341 g/mol. The highest BCUT2D eigenvalue weighted by atomic mass is 16.2. The van der Waals surface area contributed by atoms with E-state index in [4.69, 9.17) is 5.73 Å². The maximum absolute atomic E-state index is 12.7. The molecule has 3 rings (SSSR count). The summed E-state index contributed by atoms with van der Waals surface area (Å²) in [4.78, 5) is 17.0.